The maximum Gasteiger partial charge on any atom is 0.349 e. The normalized spacial score (nSPS) is 10.7. The van der Waals surface area contributed by atoms with E-state index >= 15 is 0 Å². The van der Waals surface area contributed by atoms with E-state index in [-0.39, 0.29) is 27.9 Å². The van der Waals surface area contributed by atoms with Gasteiger partial charge in [-0.3, -0.25) is 14.6 Å². The summed E-state index contributed by atoms with van der Waals surface area (Å²) in [6.45, 7) is 3.78. The first kappa shape index (κ1) is 19.1. The summed E-state index contributed by atoms with van der Waals surface area (Å²) in [4.78, 5) is 39.8. The molecule has 0 fully saturated rings. The third kappa shape index (κ3) is 3.72. The van der Waals surface area contributed by atoms with Gasteiger partial charge in [0.05, 0.1) is 10.7 Å². The van der Waals surface area contributed by atoms with E-state index in [1.807, 2.05) is 18.8 Å². The number of halogens is 1. The lowest BCUT2D eigenvalue weighted by Crippen LogP contribution is -2.33. The second-order valence-corrected chi connectivity index (χ2v) is 6.53. The van der Waals surface area contributed by atoms with Gasteiger partial charge < -0.3 is 9.72 Å². The molecule has 9 nitrogen and oxygen atoms in total. The number of H-pyrrole nitrogens is 2. The lowest BCUT2D eigenvalue weighted by molar-refractivity contribution is 0.478. The maximum atomic E-state index is 12.0. The molecule has 2 heterocycles. The lowest BCUT2D eigenvalue weighted by Gasteiger charge is -2.11. The predicted octanol–water partition coefficient (Wildman–Crippen LogP) is 2.05. The summed E-state index contributed by atoms with van der Waals surface area (Å²) >= 11 is 6.24. The van der Waals surface area contributed by atoms with Gasteiger partial charge in [0.2, 0.25) is 5.69 Å². The molecule has 142 valence electrons. The second-order valence-electron chi connectivity index (χ2n) is 6.12. The SMILES string of the molecule is CC(C)c1cc(Oc2ccc(-n3nc(C#N)c(=O)[nH]c3=O)cc2Cl)c[nH]c1=O. The van der Waals surface area contributed by atoms with Crippen LogP contribution in [0.3, 0.4) is 0 Å². The number of hydrogen-bond donors (Lipinski definition) is 2. The fraction of sp³-hybridized carbons (Fsp3) is 0.167. The second kappa shape index (κ2) is 7.54. The summed E-state index contributed by atoms with van der Waals surface area (Å²) in [5, 5.41) is 12.8. The van der Waals surface area contributed by atoms with E-state index in [4.69, 9.17) is 21.6 Å². The fourth-order valence-corrected chi connectivity index (χ4v) is 2.66. The number of nitriles is 1. The van der Waals surface area contributed by atoms with E-state index in [0.717, 1.165) is 4.68 Å². The molecule has 0 radical (unpaired) electrons. The van der Waals surface area contributed by atoms with Crippen molar-refractivity contribution in [3.8, 4) is 23.3 Å². The fourth-order valence-electron chi connectivity index (χ4n) is 2.45. The quantitative estimate of drug-likeness (QED) is 0.689. The van der Waals surface area contributed by atoms with Crippen molar-refractivity contribution in [2.45, 2.75) is 19.8 Å². The van der Waals surface area contributed by atoms with E-state index in [1.165, 1.54) is 24.4 Å². The Hall–Kier alpha value is -3.64. The number of nitrogens with zero attached hydrogens (tertiary/aromatic N) is 3. The van der Waals surface area contributed by atoms with Gasteiger partial charge in [0.25, 0.3) is 11.1 Å². The van der Waals surface area contributed by atoms with Crippen molar-refractivity contribution in [1.82, 2.24) is 19.7 Å². The van der Waals surface area contributed by atoms with E-state index in [9.17, 15) is 14.4 Å². The number of rotatable bonds is 4. The van der Waals surface area contributed by atoms with Crippen molar-refractivity contribution in [3.63, 3.8) is 0 Å². The summed E-state index contributed by atoms with van der Waals surface area (Å²) in [5.41, 5.74) is -1.52. The van der Waals surface area contributed by atoms with Gasteiger partial charge in [0.1, 0.15) is 17.6 Å². The first-order valence-electron chi connectivity index (χ1n) is 8.14. The smallest absolute Gasteiger partial charge is 0.349 e. The molecule has 3 rings (SSSR count). The number of aromatic amines is 2. The molecular weight excluding hydrogens is 386 g/mol. The van der Waals surface area contributed by atoms with Crippen LogP contribution in [0.4, 0.5) is 0 Å². The van der Waals surface area contributed by atoms with Gasteiger partial charge in [-0.15, -0.1) is 5.10 Å². The van der Waals surface area contributed by atoms with Gasteiger partial charge >= 0.3 is 5.69 Å². The Morgan fingerprint density at radius 1 is 1.21 bits per heavy atom. The summed E-state index contributed by atoms with van der Waals surface area (Å²) in [7, 11) is 0. The molecule has 3 aromatic rings. The van der Waals surface area contributed by atoms with Crippen LogP contribution in [0, 0.1) is 11.3 Å². The van der Waals surface area contributed by atoms with Gasteiger partial charge in [0, 0.05) is 11.8 Å². The summed E-state index contributed by atoms with van der Waals surface area (Å²) in [5.74, 6) is 0.687. The average molecular weight is 400 g/mol. The highest BCUT2D eigenvalue weighted by Gasteiger charge is 2.12. The van der Waals surface area contributed by atoms with Crippen molar-refractivity contribution in [3.05, 3.63) is 77.9 Å². The molecular formula is C18H14ClN5O4. The largest absolute Gasteiger partial charge is 0.454 e. The Bertz CT molecular complexity index is 1270. The third-order valence-electron chi connectivity index (χ3n) is 3.85. The minimum Gasteiger partial charge on any atom is -0.454 e. The van der Waals surface area contributed by atoms with Crippen LogP contribution in [0.5, 0.6) is 11.5 Å². The van der Waals surface area contributed by atoms with Crippen molar-refractivity contribution in [1.29, 1.82) is 5.26 Å². The molecule has 10 heteroatoms. The first-order valence-corrected chi connectivity index (χ1v) is 8.52. The van der Waals surface area contributed by atoms with Crippen LogP contribution >= 0.6 is 11.6 Å². The van der Waals surface area contributed by atoms with Gasteiger partial charge in [-0.25, -0.2) is 4.79 Å². The molecule has 0 aliphatic rings. The molecule has 0 aliphatic heterocycles. The molecule has 0 unspecified atom stereocenters. The molecule has 0 spiro atoms. The van der Waals surface area contributed by atoms with Crippen molar-refractivity contribution < 1.29 is 4.74 Å². The van der Waals surface area contributed by atoms with Crippen LogP contribution in [0.25, 0.3) is 5.69 Å². The minimum absolute atomic E-state index is 0.0117. The first-order chi connectivity index (χ1) is 13.3. The minimum atomic E-state index is -0.867. The van der Waals surface area contributed by atoms with Crippen LogP contribution < -0.4 is 21.5 Å². The Balaban J connectivity index is 1.98. The van der Waals surface area contributed by atoms with Gasteiger partial charge in [-0.05, 0) is 30.2 Å². The Morgan fingerprint density at radius 2 is 1.96 bits per heavy atom. The zero-order valence-electron chi connectivity index (χ0n) is 14.8. The Morgan fingerprint density at radius 3 is 2.61 bits per heavy atom. The van der Waals surface area contributed by atoms with Crippen LogP contribution in [0.2, 0.25) is 5.02 Å². The van der Waals surface area contributed by atoms with Crippen molar-refractivity contribution in [2.75, 3.05) is 0 Å². The predicted molar refractivity (Wildman–Crippen MR) is 101 cm³/mol. The van der Waals surface area contributed by atoms with Crippen molar-refractivity contribution >= 4 is 11.6 Å². The number of hydrogen-bond acceptors (Lipinski definition) is 6. The Kier molecular flexibility index (Phi) is 5.15. The van der Waals surface area contributed by atoms with Crippen LogP contribution in [-0.2, 0) is 0 Å². The Labute approximate surface area is 162 Å². The monoisotopic (exact) mass is 399 g/mol. The average Bonchev–Trinajstić information content (AvgIpc) is 2.65. The molecule has 0 atom stereocenters. The molecule has 0 amide bonds. The van der Waals surface area contributed by atoms with Crippen LogP contribution in [0.15, 0.2) is 44.8 Å². The molecule has 0 aliphatic carbocycles. The van der Waals surface area contributed by atoms with E-state index in [0.29, 0.717) is 11.3 Å². The van der Waals surface area contributed by atoms with E-state index < -0.39 is 16.9 Å². The molecule has 1 aromatic carbocycles. The number of nitrogens with one attached hydrogen (secondary N) is 2. The number of aromatic nitrogens is 4. The maximum absolute atomic E-state index is 12.0. The molecule has 0 saturated heterocycles. The third-order valence-corrected chi connectivity index (χ3v) is 4.14. The summed E-state index contributed by atoms with van der Waals surface area (Å²) in [6, 6.07) is 7.63. The standard InChI is InChI=1S/C18H14ClN5O4/c1-9(2)12-6-11(8-21-16(12)25)28-15-4-3-10(5-13(15)19)24-18(27)22-17(26)14(7-20)23-24/h3-6,8-9H,1-2H3,(H,21,25)(H,22,26,27). The van der Waals surface area contributed by atoms with E-state index in [1.54, 1.807) is 12.1 Å². The highest BCUT2D eigenvalue weighted by Crippen LogP contribution is 2.31. The van der Waals surface area contributed by atoms with Crippen molar-refractivity contribution in [2.24, 2.45) is 0 Å². The highest BCUT2D eigenvalue weighted by atomic mass is 35.5. The lowest BCUT2D eigenvalue weighted by atomic mass is 10.1. The van der Waals surface area contributed by atoms with E-state index in [2.05, 4.69) is 10.1 Å². The van der Waals surface area contributed by atoms with Gasteiger partial charge in [0.15, 0.2) is 0 Å². The van der Waals surface area contributed by atoms with Gasteiger partial charge in [-0.1, -0.05) is 25.4 Å². The zero-order chi connectivity index (χ0) is 20.4. The number of pyridine rings is 1. The summed E-state index contributed by atoms with van der Waals surface area (Å²) < 4.78 is 6.57. The highest BCUT2D eigenvalue weighted by molar-refractivity contribution is 6.32. The van der Waals surface area contributed by atoms with Crippen LogP contribution in [0.1, 0.15) is 31.0 Å². The molecule has 0 saturated carbocycles. The number of benzene rings is 1. The molecule has 2 N–H and O–H groups in total. The molecule has 0 bridgehead atoms. The molecule has 28 heavy (non-hydrogen) atoms. The molecule has 2 aromatic heterocycles. The summed E-state index contributed by atoms with van der Waals surface area (Å²) in [6.07, 6.45) is 1.42. The number of ether oxygens (including phenoxy) is 1. The van der Waals surface area contributed by atoms with Crippen LogP contribution in [-0.4, -0.2) is 19.7 Å². The zero-order valence-corrected chi connectivity index (χ0v) is 15.6. The van der Waals surface area contributed by atoms with Gasteiger partial charge in [-0.2, -0.15) is 9.94 Å². The topological polar surface area (TPSA) is 134 Å².